The van der Waals surface area contributed by atoms with E-state index in [0.29, 0.717) is 0 Å². The zero-order chi connectivity index (χ0) is 44.6. The predicted molar refractivity (Wildman–Crippen MR) is 288 cm³/mol. The summed E-state index contributed by atoms with van der Waals surface area (Å²) in [7, 11) is 0. The van der Waals surface area contributed by atoms with Gasteiger partial charge in [0.05, 0.1) is 0 Å². The molecule has 0 radical (unpaired) electrons. The molecule has 0 aliphatic rings. The number of rotatable bonds is 23. The van der Waals surface area contributed by atoms with Gasteiger partial charge in [-0.1, -0.05) is 176 Å². The third-order valence-corrected chi connectivity index (χ3v) is 15.2. The van der Waals surface area contributed by atoms with Gasteiger partial charge in [-0.05, 0) is 161 Å². The van der Waals surface area contributed by atoms with Crippen molar-refractivity contribution in [3.8, 4) is 52.9 Å². The Morgan fingerprint density at radius 2 is 0.692 bits per heavy atom. The summed E-state index contributed by atoms with van der Waals surface area (Å²) in [4.78, 5) is 7.83. The van der Waals surface area contributed by atoms with E-state index in [1.807, 2.05) is 22.7 Å². The molecule has 0 bridgehead atoms. The molecule has 0 amide bonds. The molecule has 0 N–H and O–H groups in total. The summed E-state index contributed by atoms with van der Waals surface area (Å²) in [6, 6.07) is 63.8. The van der Waals surface area contributed by atoms with Gasteiger partial charge in [-0.3, -0.25) is 0 Å². The van der Waals surface area contributed by atoms with Gasteiger partial charge in [0.1, 0.15) is 0 Å². The molecule has 2 aromatic heterocycles. The zero-order valence-electron chi connectivity index (χ0n) is 39.0. The highest BCUT2D eigenvalue weighted by Crippen LogP contribution is 2.44. The first-order valence-electron chi connectivity index (χ1n) is 24.7. The van der Waals surface area contributed by atoms with E-state index in [4.69, 9.17) is 0 Å². The average Bonchev–Trinajstić information content (AvgIpc) is 4.07. The molecular weight excluding hydrogens is 823 g/mol. The Labute approximate surface area is 398 Å². The van der Waals surface area contributed by atoms with E-state index in [9.17, 15) is 0 Å². The molecular formula is C62H67NS2. The summed E-state index contributed by atoms with van der Waals surface area (Å²) in [6.45, 7) is 6.90. The van der Waals surface area contributed by atoms with Crippen LogP contribution >= 0.6 is 22.7 Å². The molecule has 0 spiro atoms. The summed E-state index contributed by atoms with van der Waals surface area (Å²) in [6.07, 6.45) is 18.6. The van der Waals surface area contributed by atoms with Crippen molar-refractivity contribution in [2.45, 2.75) is 117 Å². The third-order valence-electron chi connectivity index (χ3n) is 12.9. The standard InChI is InChI=1S/C62H67NS2/c1-4-7-10-15-22-47-29-35-54(36-30-47)63(55-37-31-49(32-38-55)48-23-18-13-19-24-48)56-39-33-51(34-40-56)60-42-44-62(65-60)58-46-52(27-16-11-8-5-2)57(45-53(58)28-17-12-9-6-3)61-43-41-59(64-61)50-25-20-14-21-26-50/h13-14,18-21,23-26,29-46H,4-12,15-17,22,27-28H2,1-3H3. The molecule has 0 saturated carbocycles. The molecule has 0 atom stereocenters. The van der Waals surface area contributed by atoms with Crippen LogP contribution in [0.15, 0.2) is 170 Å². The molecule has 0 unspecified atom stereocenters. The highest BCUT2D eigenvalue weighted by Gasteiger charge is 2.18. The van der Waals surface area contributed by atoms with Crippen LogP contribution in [0.25, 0.3) is 52.9 Å². The van der Waals surface area contributed by atoms with E-state index >= 15 is 0 Å². The van der Waals surface area contributed by atoms with Crippen LogP contribution in [0.3, 0.4) is 0 Å². The van der Waals surface area contributed by atoms with Gasteiger partial charge in [0.25, 0.3) is 0 Å². The molecule has 0 aliphatic heterocycles. The minimum atomic E-state index is 1.11. The van der Waals surface area contributed by atoms with E-state index < -0.39 is 0 Å². The number of aryl methyl sites for hydroxylation is 3. The molecule has 2 heterocycles. The maximum absolute atomic E-state index is 2.59. The highest BCUT2D eigenvalue weighted by atomic mass is 32.1. The second-order valence-corrected chi connectivity index (χ2v) is 19.9. The quantitative estimate of drug-likeness (QED) is 0.0579. The Hall–Kier alpha value is -5.48. The van der Waals surface area contributed by atoms with Gasteiger partial charge in [0.15, 0.2) is 0 Å². The predicted octanol–water partition coefficient (Wildman–Crippen LogP) is 20.0. The lowest BCUT2D eigenvalue weighted by molar-refractivity contribution is 0.664. The summed E-state index contributed by atoms with van der Waals surface area (Å²) < 4.78 is 0. The Morgan fingerprint density at radius 1 is 0.323 bits per heavy atom. The van der Waals surface area contributed by atoms with Gasteiger partial charge in [-0.25, -0.2) is 0 Å². The maximum atomic E-state index is 2.59. The van der Waals surface area contributed by atoms with Crippen molar-refractivity contribution in [2.75, 3.05) is 4.90 Å². The minimum absolute atomic E-state index is 1.11. The average molecular weight is 890 g/mol. The van der Waals surface area contributed by atoms with E-state index in [1.165, 1.54) is 152 Å². The Morgan fingerprint density at radius 3 is 1.15 bits per heavy atom. The van der Waals surface area contributed by atoms with E-state index in [1.54, 1.807) is 0 Å². The van der Waals surface area contributed by atoms with Crippen LogP contribution in [0.1, 0.15) is 115 Å². The molecule has 8 aromatic rings. The molecule has 3 heteroatoms. The van der Waals surface area contributed by atoms with Gasteiger partial charge in [-0.15, -0.1) is 22.7 Å². The number of nitrogens with zero attached hydrogens (tertiary/aromatic N) is 1. The van der Waals surface area contributed by atoms with Crippen LogP contribution in [0.4, 0.5) is 17.1 Å². The second kappa shape index (κ2) is 23.6. The van der Waals surface area contributed by atoms with Crippen molar-refractivity contribution in [3.05, 3.63) is 187 Å². The number of benzene rings is 6. The van der Waals surface area contributed by atoms with Crippen LogP contribution in [-0.4, -0.2) is 0 Å². The summed E-state index contributed by atoms with van der Waals surface area (Å²) >= 11 is 3.89. The summed E-state index contributed by atoms with van der Waals surface area (Å²) in [5.74, 6) is 0. The smallest absolute Gasteiger partial charge is 0.0462 e. The normalized spacial score (nSPS) is 11.3. The van der Waals surface area contributed by atoms with E-state index in [-0.39, 0.29) is 0 Å². The summed E-state index contributed by atoms with van der Waals surface area (Å²) in [5.41, 5.74) is 15.8. The molecule has 1 nitrogen and oxygen atoms in total. The van der Waals surface area contributed by atoms with Crippen molar-refractivity contribution >= 4 is 39.7 Å². The van der Waals surface area contributed by atoms with Gasteiger partial charge >= 0.3 is 0 Å². The molecule has 0 fully saturated rings. The fraction of sp³-hybridized carbons (Fsp3) is 0.290. The Balaban J connectivity index is 1.10. The summed E-state index contributed by atoms with van der Waals surface area (Å²) in [5, 5.41) is 0. The van der Waals surface area contributed by atoms with Gasteiger partial charge < -0.3 is 4.90 Å². The lowest BCUT2D eigenvalue weighted by Gasteiger charge is -2.26. The van der Waals surface area contributed by atoms with Crippen LogP contribution in [-0.2, 0) is 19.3 Å². The maximum Gasteiger partial charge on any atom is 0.0462 e. The van der Waals surface area contributed by atoms with Gasteiger partial charge in [0, 0.05) is 36.6 Å². The lowest BCUT2D eigenvalue weighted by Crippen LogP contribution is -2.10. The van der Waals surface area contributed by atoms with Crippen LogP contribution < -0.4 is 4.90 Å². The Bertz CT molecular complexity index is 2630. The number of thiophene rings is 2. The fourth-order valence-corrected chi connectivity index (χ4v) is 11.3. The molecule has 332 valence electrons. The lowest BCUT2D eigenvalue weighted by atomic mass is 9.91. The number of anilines is 3. The Kier molecular flexibility index (Phi) is 16.7. The van der Waals surface area contributed by atoms with Crippen molar-refractivity contribution in [1.82, 2.24) is 0 Å². The fourth-order valence-electron chi connectivity index (χ4n) is 9.15. The van der Waals surface area contributed by atoms with Crippen molar-refractivity contribution in [3.63, 3.8) is 0 Å². The van der Waals surface area contributed by atoms with E-state index in [0.717, 1.165) is 30.6 Å². The second-order valence-electron chi connectivity index (χ2n) is 17.8. The first-order chi connectivity index (χ1) is 32.1. The van der Waals surface area contributed by atoms with Crippen molar-refractivity contribution in [2.24, 2.45) is 0 Å². The number of hydrogen-bond acceptors (Lipinski definition) is 3. The molecule has 65 heavy (non-hydrogen) atoms. The molecule has 0 aliphatic carbocycles. The first kappa shape index (κ1) is 46.1. The third kappa shape index (κ3) is 12.1. The van der Waals surface area contributed by atoms with E-state index in [2.05, 4.69) is 196 Å². The van der Waals surface area contributed by atoms with Crippen LogP contribution in [0, 0.1) is 0 Å². The van der Waals surface area contributed by atoms with Crippen molar-refractivity contribution < 1.29 is 0 Å². The minimum Gasteiger partial charge on any atom is -0.311 e. The van der Waals surface area contributed by atoms with Crippen LogP contribution in [0.2, 0.25) is 0 Å². The first-order valence-corrected chi connectivity index (χ1v) is 26.3. The van der Waals surface area contributed by atoms with Crippen LogP contribution in [0.5, 0.6) is 0 Å². The monoisotopic (exact) mass is 889 g/mol. The largest absolute Gasteiger partial charge is 0.311 e. The molecule has 6 aromatic carbocycles. The zero-order valence-corrected chi connectivity index (χ0v) is 40.7. The van der Waals surface area contributed by atoms with Gasteiger partial charge in [0.2, 0.25) is 0 Å². The molecule has 8 rings (SSSR count). The van der Waals surface area contributed by atoms with Gasteiger partial charge in [-0.2, -0.15) is 0 Å². The highest BCUT2D eigenvalue weighted by molar-refractivity contribution is 7.19. The number of hydrogen-bond donors (Lipinski definition) is 0. The number of unbranched alkanes of at least 4 members (excludes halogenated alkanes) is 9. The SMILES string of the molecule is CCCCCCc1ccc(N(c2ccc(-c3ccccc3)cc2)c2ccc(-c3ccc(-c4cc(CCCCCC)c(-c5ccc(-c6ccccc6)s5)cc4CCCCCC)s3)cc2)cc1. The van der Waals surface area contributed by atoms with Crippen molar-refractivity contribution in [1.29, 1.82) is 0 Å². The topological polar surface area (TPSA) is 3.24 Å². The molecule has 0 saturated heterocycles.